The van der Waals surface area contributed by atoms with Crippen molar-refractivity contribution in [2.24, 2.45) is 0 Å². The molecule has 0 unspecified atom stereocenters. The molecule has 0 nitrogen and oxygen atoms in total. The minimum Gasteiger partial charge on any atom is -0.135 e. The van der Waals surface area contributed by atoms with Crippen LogP contribution in [0.1, 0.15) is 22.3 Å². The van der Waals surface area contributed by atoms with Gasteiger partial charge in [-0.1, -0.05) is 103 Å². The zero-order valence-electron chi connectivity index (χ0n) is 17.7. The molecule has 2 heterocycles. The van der Waals surface area contributed by atoms with Gasteiger partial charge in [-0.25, -0.2) is 0 Å². The standard InChI is InChI=1S/C31H18S2/c1-4-12-22-19(9-1)20-10-2-5-13-23(20)31(22)24-14-6-8-16-27(24)33-30-25(31)17-18-28-29(30)21-11-3-7-15-26(21)32-28/h1-18H. The highest BCUT2D eigenvalue weighted by atomic mass is 32.2. The summed E-state index contributed by atoms with van der Waals surface area (Å²) in [5.74, 6) is 0. The molecule has 8 rings (SSSR count). The lowest BCUT2D eigenvalue weighted by molar-refractivity contribution is 0.726. The number of thiophene rings is 1. The van der Waals surface area contributed by atoms with Crippen molar-refractivity contribution in [1.82, 2.24) is 0 Å². The maximum Gasteiger partial charge on any atom is 0.0735 e. The highest BCUT2D eigenvalue weighted by Crippen LogP contribution is 2.63. The average Bonchev–Trinajstić information content (AvgIpc) is 3.39. The predicted molar refractivity (Wildman–Crippen MR) is 141 cm³/mol. The van der Waals surface area contributed by atoms with E-state index in [0.29, 0.717) is 0 Å². The van der Waals surface area contributed by atoms with Gasteiger partial charge in [0.05, 0.1) is 5.41 Å². The fourth-order valence-electron chi connectivity index (χ4n) is 6.12. The number of hydrogen-bond donors (Lipinski definition) is 0. The van der Waals surface area contributed by atoms with Gasteiger partial charge in [0.15, 0.2) is 0 Å². The molecule has 0 bridgehead atoms. The second-order valence-electron chi connectivity index (χ2n) is 8.85. The van der Waals surface area contributed by atoms with Crippen LogP contribution in [0.3, 0.4) is 0 Å². The predicted octanol–water partition coefficient (Wildman–Crippen LogP) is 8.88. The highest BCUT2D eigenvalue weighted by molar-refractivity contribution is 7.99. The zero-order valence-corrected chi connectivity index (χ0v) is 19.3. The molecule has 1 aliphatic carbocycles. The van der Waals surface area contributed by atoms with Crippen LogP contribution in [0.4, 0.5) is 0 Å². The Morgan fingerprint density at radius 3 is 1.91 bits per heavy atom. The Kier molecular flexibility index (Phi) is 3.50. The van der Waals surface area contributed by atoms with Crippen LogP contribution in [-0.2, 0) is 5.41 Å². The molecule has 1 spiro atoms. The van der Waals surface area contributed by atoms with E-state index >= 15 is 0 Å². The quantitative estimate of drug-likeness (QED) is 0.220. The summed E-state index contributed by atoms with van der Waals surface area (Å²) in [6.45, 7) is 0. The van der Waals surface area contributed by atoms with Gasteiger partial charge < -0.3 is 0 Å². The number of benzene rings is 5. The molecule has 6 aromatic rings. The van der Waals surface area contributed by atoms with Crippen LogP contribution in [0.25, 0.3) is 31.3 Å². The molecule has 2 heteroatoms. The SMILES string of the molecule is c1ccc2c(c1)Sc1c(ccc3sc4ccccc4c13)C21c2ccccc2-c2ccccc21. The monoisotopic (exact) mass is 454 g/mol. The fourth-order valence-corrected chi connectivity index (χ4v) is 8.65. The smallest absolute Gasteiger partial charge is 0.0735 e. The largest absolute Gasteiger partial charge is 0.135 e. The van der Waals surface area contributed by atoms with Crippen molar-refractivity contribution < 1.29 is 0 Å². The first-order valence-electron chi connectivity index (χ1n) is 11.3. The van der Waals surface area contributed by atoms with Crippen molar-refractivity contribution in [2.75, 3.05) is 0 Å². The van der Waals surface area contributed by atoms with Crippen molar-refractivity contribution in [2.45, 2.75) is 15.2 Å². The lowest BCUT2D eigenvalue weighted by Gasteiger charge is -2.40. The summed E-state index contributed by atoms with van der Waals surface area (Å²) in [7, 11) is 0. The Labute approximate surface area is 200 Å². The molecule has 0 radical (unpaired) electrons. The minimum absolute atomic E-state index is 0.290. The van der Waals surface area contributed by atoms with Gasteiger partial charge in [0.25, 0.3) is 0 Å². The van der Waals surface area contributed by atoms with E-state index < -0.39 is 0 Å². The normalized spacial score (nSPS) is 14.8. The van der Waals surface area contributed by atoms with E-state index in [1.165, 1.54) is 63.3 Å². The van der Waals surface area contributed by atoms with Crippen LogP contribution in [0.2, 0.25) is 0 Å². The molecule has 0 N–H and O–H groups in total. The molecule has 0 atom stereocenters. The summed E-state index contributed by atoms with van der Waals surface area (Å²) in [4.78, 5) is 2.77. The lowest BCUT2D eigenvalue weighted by atomic mass is 9.67. The summed E-state index contributed by atoms with van der Waals surface area (Å²) < 4.78 is 2.73. The Balaban J connectivity index is 1.62. The van der Waals surface area contributed by atoms with Gasteiger partial charge in [-0.15, -0.1) is 11.3 Å². The van der Waals surface area contributed by atoms with Gasteiger partial charge in [0, 0.05) is 30.0 Å². The maximum atomic E-state index is 2.41. The van der Waals surface area contributed by atoms with Crippen molar-refractivity contribution in [3.05, 3.63) is 131 Å². The van der Waals surface area contributed by atoms with E-state index in [1.54, 1.807) is 0 Å². The Morgan fingerprint density at radius 2 is 1.12 bits per heavy atom. The summed E-state index contributed by atoms with van der Waals surface area (Å²) in [5, 5.41) is 2.78. The topological polar surface area (TPSA) is 0 Å². The first-order chi connectivity index (χ1) is 16.4. The van der Waals surface area contributed by atoms with Gasteiger partial charge in [0.2, 0.25) is 0 Å². The molecule has 0 saturated carbocycles. The average molecular weight is 455 g/mol. The maximum absolute atomic E-state index is 2.41. The van der Waals surface area contributed by atoms with E-state index in [2.05, 4.69) is 109 Å². The summed E-state index contributed by atoms with van der Waals surface area (Å²) in [6, 6.07) is 40.7. The summed E-state index contributed by atoms with van der Waals surface area (Å²) in [5.41, 5.74) is 8.05. The molecular formula is C31H18S2. The van der Waals surface area contributed by atoms with Gasteiger partial charge in [-0.05, 0) is 51.6 Å². The summed E-state index contributed by atoms with van der Waals surface area (Å²) >= 11 is 3.85. The van der Waals surface area contributed by atoms with Gasteiger partial charge in [-0.2, -0.15) is 0 Å². The van der Waals surface area contributed by atoms with E-state index in [4.69, 9.17) is 0 Å². The summed E-state index contributed by atoms with van der Waals surface area (Å²) in [6.07, 6.45) is 0. The van der Waals surface area contributed by atoms with E-state index in [1.807, 2.05) is 23.1 Å². The number of rotatable bonds is 0. The second-order valence-corrected chi connectivity index (χ2v) is 11.0. The lowest BCUT2D eigenvalue weighted by Crippen LogP contribution is -2.31. The highest BCUT2D eigenvalue weighted by Gasteiger charge is 2.50. The van der Waals surface area contributed by atoms with E-state index in [-0.39, 0.29) is 5.41 Å². The van der Waals surface area contributed by atoms with Crippen LogP contribution >= 0.6 is 23.1 Å². The molecule has 0 fully saturated rings. The van der Waals surface area contributed by atoms with Crippen molar-refractivity contribution >= 4 is 43.3 Å². The van der Waals surface area contributed by atoms with E-state index in [0.717, 1.165) is 0 Å². The van der Waals surface area contributed by atoms with Gasteiger partial charge >= 0.3 is 0 Å². The van der Waals surface area contributed by atoms with Gasteiger partial charge in [-0.3, -0.25) is 0 Å². The zero-order chi connectivity index (χ0) is 21.6. The first kappa shape index (κ1) is 18.1. The van der Waals surface area contributed by atoms with Crippen molar-refractivity contribution in [3.63, 3.8) is 0 Å². The number of hydrogen-bond acceptors (Lipinski definition) is 2. The number of fused-ring (bicyclic) bond motifs is 13. The van der Waals surface area contributed by atoms with Crippen LogP contribution in [0, 0.1) is 0 Å². The van der Waals surface area contributed by atoms with Crippen LogP contribution in [-0.4, -0.2) is 0 Å². The molecule has 0 saturated heterocycles. The molecule has 5 aromatic carbocycles. The van der Waals surface area contributed by atoms with Crippen LogP contribution in [0.5, 0.6) is 0 Å². The Morgan fingerprint density at radius 1 is 0.485 bits per heavy atom. The second kappa shape index (κ2) is 6.38. The van der Waals surface area contributed by atoms with E-state index in [9.17, 15) is 0 Å². The third-order valence-electron chi connectivity index (χ3n) is 7.36. The van der Waals surface area contributed by atoms with Crippen LogP contribution in [0.15, 0.2) is 119 Å². The molecule has 1 aromatic heterocycles. The van der Waals surface area contributed by atoms with Crippen molar-refractivity contribution in [1.29, 1.82) is 0 Å². The minimum atomic E-state index is -0.290. The molecule has 33 heavy (non-hydrogen) atoms. The molecule has 154 valence electrons. The first-order valence-corrected chi connectivity index (χ1v) is 12.9. The van der Waals surface area contributed by atoms with Crippen molar-refractivity contribution in [3.8, 4) is 11.1 Å². The molecule has 1 aliphatic heterocycles. The van der Waals surface area contributed by atoms with Crippen LogP contribution < -0.4 is 0 Å². The third kappa shape index (κ3) is 2.14. The third-order valence-corrected chi connectivity index (χ3v) is 9.70. The Hall–Kier alpha value is -3.33. The molecular weight excluding hydrogens is 436 g/mol. The van der Waals surface area contributed by atoms with Gasteiger partial charge in [0.1, 0.15) is 0 Å². The Bertz CT molecular complexity index is 1710. The molecule has 0 amide bonds. The fraction of sp³-hybridized carbons (Fsp3) is 0.0323. The molecule has 2 aliphatic rings.